The summed E-state index contributed by atoms with van der Waals surface area (Å²) < 4.78 is 16.6. The Kier molecular flexibility index (Phi) is 5.70. The van der Waals surface area contributed by atoms with E-state index in [1.54, 1.807) is 17.0 Å². The maximum atomic E-state index is 13.1. The molecule has 1 atom stereocenters. The minimum absolute atomic E-state index is 0.0251. The van der Waals surface area contributed by atoms with Crippen LogP contribution in [-0.2, 0) is 9.59 Å². The average molecular weight is 453 g/mol. The maximum Gasteiger partial charge on any atom is 0.287 e. The maximum absolute atomic E-state index is 13.1. The quantitative estimate of drug-likeness (QED) is 0.756. The van der Waals surface area contributed by atoms with Gasteiger partial charge in [-0.15, -0.1) is 0 Å². The summed E-state index contributed by atoms with van der Waals surface area (Å²) in [5.74, 6) is 0.900. The molecule has 0 radical (unpaired) electrons. The van der Waals surface area contributed by atoms with Crippen molar-refractivity contribution in [2.75, 3.05) is 39.3 Å². The number of hydrogen-bond acceptors (Lipinski definition) is 6. The smallest absolute Gasteiger partial charge is 0.287 e. The molecule has 3 aliphatic rings. The largest absolute Gasteiger partial charge is 0.485 e. The van der Waals surface area contributed by atoms with Gasteiger partial charge in [0.05, 0.1) is 12.8 Å². The van der Waals surface area contributed by atoms with Crippen LogP contribution in [0.1, 0.15) is 29.8 Å². The Morgan fingerprint density at radius 2 is 1.70 bits per heavy atom. The van der Waals surface area contributed by atoms with Gasteiger partial charge in [-0.05, 0) is 48.9 Å². The number of hydrogen-bond donors (Lipinski definition) is 1. The molecule has 1 spiro atoms. The molecule has 1 aromatic carbocycles. The van der Waals surface area contributed by atoms with Gasteiger partial charge >= 0.3 is 0 Å². The molecule has 9 heteroatoms. The number of rotatable bonds is 4. The Balaban J connectivity index is 1.10. The SMILES string of the molecule is O=C(NCC(=O)N1CCC2(CC1)CCN(C(=O)C1COc3ccccc3O1)C2)c1ccco1. The monoisotopic (exact) mass is 453 g/mol. The lowest BCUT2D eigenvalue weighted by Crippen LogP contribution is -2.49. The minimum atomic E-state index is -0.630. The number of carbonyl (C=O) groups is 3. The summed E-state index contributed by atoms with van der Waals surface area (Å²) in [5.41, 5.74) is 0.0251. The molecule has 2 fully saturated rings. The normalized spacial score (nSPS) is 21.2. The van der Waals surface area contributed by atoms with Crippen molar-refractivity contribution in [3.8, 4) is 11.5 Å². The lowest BCUT2D eigenvalue weighted by atomic mass is 9.78. The van der Waals surface area contributed by atoms with Crippen LogP contribution in [0.2, 0.25) is 0 Å². The lowest BCUT2D eigenvalue weighted by molar-refractivity contribution is -0.141. The highest BCUT2D eigenvalue weighted by Crippen LogP contribution is 2.41. The number of amides is 3. The molecule has 1 aromatic heterocycles. The van der Waals surface area contributed by atoms with E-state index < -0.39 is 12.0 Å². The number of carbonyl (C=O) groups excluding carboxylic acids is 3. The summed E-state index contributed by atoms with van der Waals surface area (Å²) in [4.78, 5) is 41.2. The summed E-state index contributed by atoms with van der Waals surface area (Å²) in [7, 11) is 0. The summed E-state index contributed by atoms with van der Waals surface area (Å²) >= 11 is 0. The lowest BCUT2D eigenvalue weighted by Gasteiger charge is -2.39. The van der Waals surface area contributed by atoms with Crippen LogP contribution in [-0.4, -0.2) is 73.0 Å². The van der Waals surface area contributed by atoms with Crippen LogP contribution < -0.4 is 14.8 Å². The molecular weight excluding hydrogens is 426 g/mol. The van der Waals surface area contributed by atoms with E-state index in [9.17, 15) is 14.4 Å². The highest BCUT2D eigenvalue weighted by molar-refractivity contribution is 5.94. The van der Waals surface area contributed by atoms with Gasteiger partial charge in [0, 0.05) is 26.2 Å². The van der Waals surface area contributed by atoms with Crippen molar-refractivity contribution in [1.82, 2.24) is 15.1 Å². The van der Waals surface area contributed by atoms with E-state index in [4.69, 9.17) is 13.9 Å². The van der Waals surface area contributed by atoms with Crippen molar-refractivity contribution in [1.29, 1.82) is 0 Å². The Morgan fingerprint density at radius 1 is 0.970 bits per heavy atom. The fourth-order valence-electron chi connectivity index (χ4n) is 4.87. The van der Waals surface area contributed by atoms with Crippen molar-refractivity contribution in [3.05, 3.63) is 48.4 Å². The second-order valence-electron chi connectivity index (χ2n) is 8.91. The first kappa shape index (κ1) is 21.4. The third-order valence-electron chi connectivity index (χ3n) is 6.86. The fourth-order valence-corrected chi connectivity index (χ4v) is 4.87. The minimum Gasteiger partial charge on any atom is -0.485 e. The van der Waals surface area contributed by atoms with Gasteiger partial charge in [-0.25, -0.2) is 0 Å². The van der Waals surface area contributed by atoms with Gasteiger partial charge in [0.25, 0.3) is 11.8 Å². The van der Waals surface area contributed by atoms with Crippen LogP contribution >= 0.6 is 0 Å². The van der Waals surface area contributed by atoms with Gasteiger partial charge in [0.15, 0.2) is 17.3 Å². The molecule has 3 aliphatic heterocycles. The zero-order valence-electron chi connectivity index (χ0n) is 18.3. The molecule has 174 valence electrons. The van der Waals surface area contributed by atoms with E-state index >= 15 is 0 Å². The number of benzene rings is 1. The third-order valence-corrected chi connectivity index (χ3v) is 6.86. The number of fused-ring (bicyclic) bond motifs is 1. The van der Waals surface area contributed by atoms with E-state index in [1.165, 1.54) is 6.26 Å². The van der Waals surface area contributed by atoms with E-state index in [0.29, 0.717) is 37.7 Å². The molecule has 2 saturated heterocycles. The predicted octanol–water partition coefficient (Wildman–Crippen LogP) is 1.69. The van der Waals surface area contributed by atoms with Crippen LogP contribution in [0.3, 0.4) is 0 Å². The van der Waals surface area contributed by atoms with E-state index in [1.807, 2.05) is 29.2 Å². The molecular formula is C24H27N3O6. The second kappa shape index (κ2) is 8.80. The van der Waals surface area contributed by atoms with Gasteiger partial charge in [-0.2, -0.15) is 0 Å². The number of para-hydroxylation sites is 2. The average Bonchev–Trinajstić information content (AvgIpc) is 3.53. The van der Waals surface area contributed by atoms with Crippen molar-refractivity contribution in [2.45, 2.75) is 25.4 Å². The standard InChI is InChI=1S/C24H27N3O6/c28-21(14-25-22(29)19-6-3-13-31-19)26-10-7-24(8-11-26)9-12-27(16-24)23(30)20-15-32-17-4-1-2-5-18(17)33-20/h1-6,13,20H,7-12,14-16H2,(H,25,29). The molecule has 3 amide bonds. The van der Waals surface area contributed by atoms with Gasteiger partial charge in [-0.1, -0.05) is 12.1 Å². The number of nitrogens with one attached hydrogen (secondary N) is 1. The number of furan rings is 1. The summed E-state index contributed by atoms with van der Waals surface area (Å²) in [6.45, 7) is 2.75. The number of ether oxygens (including phenoxy) is 2. The fraction of sp³-hybridized carbons (Fsp3) is 0.458. The molecule has 2 aromatic rings. The molecule has 0 bridgehead atoms. The first-order valence-corrected chi connectivity index (χ1v) is 11.3. The van der Waals surface area contributed by atoms with Crippen LogP contribution in [0, 0.1) is 5.41 Å². The van der Waals surface area contributed by atoms with E-state index in [-0.39, 0.29) is 36.1 Å². The summed E-state index contributed by atoms with van der Waals surface area (Å²) in [5, 5.41) is 2.61. The molecule has 0 saturated carbocycles. The molecule has 1 unspecified atom stereocenters. The summed E-state index contributed by atoms with van der Waals surface area (Å²) in [6.07, 6.45) is 3.37. The molecule has 5 rings (SSSR count). The van der Waals surface area contributed by atoms with Crippen molar-refractivity contribution >= 4 is 17.7 Å². The molecule has 1 N–H and O–H groups in total. The van der Waals surface area contributed by atoms with Crippen molar-refractivity contribution in [2.24, 2.45) is 5.41 Å². The van der Waals surface area contributed by atoms with Gasteiger partial charge in [-0.3, -0.25) is 14.4 Å². The van der Waals surface area contributed by atoms with Crippen LogP contribution in [0.25, 0.3) is 0 Å². The van der Waals surface area contributed by atoms with Crippen molar-refractivity contribution in [3.63, 3.8) is 0 Å². The molecule has 33 heavy (non-hydrogen) atoms. The first-order valence-electron chi connectivity index (χ1n) is 11.3. The van der Waals surface area contributed by atoms with Gasteiger partial charge < -0.3 is 29.0 Å². The molecule has 9 nitrogen and oxygen atoms in total. The van der Waals surface area contributed by atoms with Crippen LogP contribution in [0.15, 0.2) is 47.1 Å². The Bertz CT molecular complexity index is 1030. The molecule has 0 aliphatic carbocycles. The Hall–Kier alpha value is -3.49. The third kappa shape index (κ3) is 4.40. The topological polar surface area (TPSA) is 101 Å². The predicted molar refractivity (Wildman–Crippen MR) is 117 cm³/mol. The summed E-state index contributed by atoms with van der Waals surface area (Å²) in [6, 6.07) is 10.6. The van der Waals surface area contributed by atoms with Gasteiger partial charge in [0.2, 0.25) is 12.0 Å². The van der Waals surface area contributed by atoms with Crippen LogP contribution in [0.4, 0.5) is 0 Å². The van der Waals surface area contributed by atoms with E-state index in [2.05, 4.69) is 5.32 Å². The zero-order valence-corrected chi connectivity index (χ0v) is 18.3. The van der Waals surface area contributed by atoms with Crippen LogP contribution in [0.5, 0.6) is 11.5 Å². The zero-order chi connectivity index (χ0) is 22.8. The number of nitrogens with zero attached hydrogens (tertiary/aromatic N) is 2. The highest BCUT2D eigenvalue weighted by Gasteiger charge is 2.44. The highest BCUT2D eigenvalue weighted by atomic mass is 16.6. The Morgan fingerprint density at radius 3 is 2.42 bits per heavy atom. The first-order chi connectivity index (χ1) is 16.0. The van der Waals surface area contributed by atoms with E-state index in [0.717, 1.165) is 19.3 Å². The molecule has 4 heterocycles. The van der Waals surface area contributed by atoms with Crippen molar-refractivity contribution < 1.29 is 28.3 Å². The Labute approximate surface area is 191 Å². The second-order valence-corrected chi connectivity index (χ2v) is 8.91. The number of piperidine rings is 1. The number of likely N-dealkylation sites (tertiary alicyclic amines) is 2. The van der Waals surface area contributed by atoms with Gasteiger partial charge in [0.1, 0.15) is 6.61 Å².